The Morgan fingerprint density at radius 2 is 2.00 bits per heavy atom. The van der Waals surface area contributed by atoms with E-state index in [1.54, 1.807) is 12.3 Å². The van der Waals surface area contributed by atoms with Gasteiger partial charge >= 0.3 is 5.97 Å². The number of nitrogens with one attached hydrogen (secondary N) is 1. The van der Waals surface area contributed by atoms with Crippen LogP contribution in [0.25, 0.3) is 0 Å². The van der Waals surface area contributed by atoms with Crippen molar-refractivity contribution in [1.29, 1.82) is 0 Å². The molecule has 1 aliphatic rings. The molecule has 0 fully saturated rings. The minimum Gasteiger partial charge on any atom is -0.478 e. The van der Waals surface area contributed by atoms with Crippen LogP contribution in [0.5, 0.6) is 0 Å². The van der Waals surface area contributed by atoms with Crippen LogP contribution >= 0.6 is 0 Å². The Hall–Kier alpha value is -2.88. The minimum absolute atomic E-state index is 0.456. The lowest BCUT2D eigenvalue weighted by molar-refractivity contribution is -0.131. The Labute approximate surface area is 154 Å². The van der Waals surface area contributed by atoms with Gasteiger partial charge in [-0.3, -0.25) is 0 Å². The van der Waals surface area contributed by atoms with Crippen LogP contribution in [-0.4, -0.2) is 22.6 Å². The average Bonchev–Trinajstić information content (AvgIpc) is 2.68. The molecular weight excluding hydrogens is 324 g/mol. The maximum absolute atomic E-state index is 11.0. The number of nitrogens with zero attached hydrogens (tertiary/aromatic N) is 1. The van der Waals surface area contributed by atoms with Crippen molar-refractivity contribution in [1.82, 2.24) is 4.98 Å². The zero-order chi connectivity index (χ0) is 18.2. The standard InChI is InChI=1S/C22H24N2O2/c25-22(26)12-11-20-16-19(17-6-2-1-3-7-17)10-9-18(20)13-15-24-21-8-4-5-14-23-21/h1-8,11-12,14,19H,9-10,13,15-16H2,(H,23,24)(H,25,26)/b12-11+. The van der Waals surface area contributed by atoms with Gasteiger partial charge in [0.1, 0.15) is 5.82 Å². The molecule has 134 valence electrons. The smallest absolute Gasteiger partial charge is 0.328 e. The fraction of sp³-hybridized carbons (Fsp3) is 0.273. The highest BCUT2D eigenvalue weighted by atomic mass is 16.4. The van der Waals surface area contributed by atoms with Gasteiger partial charge in [-0.05, 0) is 54.9 Å². The second kappa shape index (κ2) is 8.99. The van der Waals surface area contributed by atoms with Crippen LogP contribution in [-0.2, 0) is 4.79 Å². The number of carbonyl (C=O) groups is 1. The van der Waals surface area contributed by atoms with Gasteiger partial charge in [-0.25, -0.2) is 9.78 Å². The highest BCUT2D eigenvalue weighted by molar-refractivity contribution is 5.80. The van der Waals surface area contributed by atoms with Crippen molar-refractivity contribution in [3.8, 4) is 0 Å². The number of benzene rings is 1. The highest BCUT2D eigenvalue weighted by Gasteiger charge is 2.21. The summed E-state index contributed by atoms with van der Waals surface area (Å²) in [5.74, 6) is 0.427. The average molecular weight is 348 g/mol. The molecule has 4 heteroatoms. The molecule has 0 radical (unpaired) electrons. The van der Waals surface area contributed by atoms with Gasteiger partial charge in [0.05, 0.1) is 0 Å². The summed E-state index contributed by atoms with van der Waals surface area (Å²) in [7, 11) is 0. The van der Waals surface area contributed by atoms with Gasteiger partial charge in [0, 0.05) is 18.8 Å². The van der Waals surface area contributed by atoms with E-state index in [2.05, 4.69) is 34.6 Å². The number of carboxylic acid groups (broad SMARTS) is 1. The Bertz CT molecular complexity index is 782. The number of hydrogen-bond acceptors (Lipinski definition) is 3. The van der Waals surface area contributed by atoms with E-state index in [1.165, 1.54) is 17.2 Å². The van der Waals surface area contributed by atoms with Gasteiger partial charge in [-0.15, -0.1) is 0 Å². The van der Waals surface area contributed by atoms with Crippen LogP contribution in [0.1, 0.15) is 37.2 Å². The number of hydrogen-bond donors (Lipinski definition) is 2. The number of carboxylic acids is 1. The molecule has 1 aromatic carbocycles. The molecular formula is C22H24N2O2. The summed E-state index contributed by atoms with van der Waals surface area (Å²) < 4.78 is 0. The predicted octanol–water partition coefficient (Wildman–Crippen LogP) is 4.79. The SMILES string of the molecule is O=C(O)/C=C/C1=C(CCNc2ccccn2)CCC(c2ccccc2)C1. The second-order valence-electron chi connectivity index (χ2n) is 6.54. The van der Waals surface area contributed by atoms with Crippen molar-refractivity contribution in [3.63, 3.8) is 0 Å². The molecule has 3 rings (SSSR count). The quantitative estimate of drug-likeness (QED) is 0.706. The summed E-state index contributed by atoms with van der Waals surface area (Å²) in [6, 6.07) is 16.3. The first kappa shape index (κ1) is 17.9. The van der Waals surface area contributed by atoms with E-state index in [4.69, 9.17) is 5.11 Å². The molecule has 0 saturated carbocycles. The molecule has 2 N–H and O–H groups in total. The van der Waals surface area contributed by atoms with Crippen LogP contribution in [0.4, 0.5) is 5.82 Å². The summed E-state index contributed by atoms with van der Waals surface area (Å²) in [5, 5.41) is 12.3. The molecule has 1 unspecified atom stereocenters. The van der Waals surface area contributed by atoms with Crippen LogP contribution in [0, 0.1) is 0 Å². The fourth-order valence-corrected chi connectivity index (χ4v) is 3.48. The predicted molar refractivity (Wildman–Crippen MR) is 104 cm³/mol. The van der Waals surface area contributed by atoms with Crippen LogP contribution < -0.4 is 5.32 Å². The zero-order valence-electron chi connectivity index (χ0n) is 14.8. The molecule has 0 saturated heterocycles. The van der Waals surface area contributed by atoms with Crippen LogP contribution in [0.15, 0.2) is 78.0 Å². The van der Waals surface area contributed by atoms with Crippen molar-refractivity contribution >= 4 is 11.8 Å². The molecule has 26 heavy (non-hydrogen) atoms. The third-order valence-corrected chi connectivity index (χ3v) is 4.81. The van der Waals surface area contributed by atoms with Gasteiger partial charge in [0.25, 0.3) is 0 Å². The summed E-state index contributed by atoms with van der Waals surface area (Å²) in [5.41, 5.74) is 3.84. The van der Waals surface area contributed by atoms with E-state index in [1.807, 2.05) is 24.3 Å². The lowest BCUT2D eigenvalue weighted by atomic mass is 9.79. The normalized spacial score (nSPS) is 17.5. The molecule has 0 amide bonds. The van der Waals surface area contributed by atoms with E-state index in [9.17, 15) is 4.79 Å². The largest absolute Gasteiger partial charge is 0.478 e. The monoisotopic (exact) mass is 348 g/mol. The minimum atomic E-state index is -0.898. The second-order valence-corrected chi connectivity index (χ2v) is 6.54. The first-order chi connectivity index (χ1) is 12.7. The maximum atomic E-state index is 11.0. The fourth-order valence-electron chi connectivity index (χ4n) is 3.48. The van der Waals surface area contributed by atoms with E-state index in [-0.39, 0.29) is 0 Å². The zero-order valence-corrected chi connectivity index (χ0v) is 14.8. The molecule has 1 atom stereocenters. The van der Waals surface area contributed by atoms with Crippen LogP contribution in [0.3, 0.4) is 0 Å². The number of aromatic nitrogens is 1. The summed E-state index contributed by atoms with van der Waals surface area (Å²) in [4.78, 5) is 15.2. The van der Waals surface area contributed by atoms with Gasteiger partial charge in [0.2, 0.25) is 0 Å². The Morgan fingerprint density at radius 1 is 1.19 bits per heavy atom. The summed E-state index contributed by atoms with van der Waals surface area (Å²) in [6.07, 6.45) is 8.72. The third-order valence-electron chi connectivity index (χ3n) is 4.81. The number of anilines is 1. The molecule has 0 spiro atoms. The maximum Gasteiger partial charge on any atom is 0.328 e. The third kappa shape index (κ3) is 5.06. The van der Waals surface area contributed by atoms with Gasteiger partial charge in [0.15, 0.2) is 0 Å². The van der Waals surface area contributed by atoms with Gasteiger partial charge in [-0.1, -0.05) is 48.0 Å². The lowest BCUT2D eigenvalue weighted by Crippen LogP contribution is -2.12. The van der Waals surface area contributed by atoms with Crippen molar-refractivity contribution in [3.05, 3.63) is 83.6 Å². The van der Waals surface area contributed by atoms with Crippen molar-refractivity contribution in [2.24, 2.45) is 0 Å². The molecule has 4 nitrogen and oxygen atoms in total. The van der Waals surface area contributed by atoms with E-state index in [0.717, 1.165) is 43.6 Å². The molecule has 0 aliphatic heterocycles. The number of rotatable bonds is 7. The number of aliphatic carboxylic acids is 1. The Balaban J connectivity index is 1.70. The van der Waals surface area contributed by atoms with Gasteiger partial charge in [-0.2, -0.15) is 0 Å². The molecule has 0 bridgehead atoms. The summed E-state index contributed by atoms with van der Waals surface area (Å²) >= 11 is 0. The number of allylic oxidation sites excluding steroid dienone is 2. The van der Waals surface area contributed by atoms with Crippen molar-refractivity contribution in [2.75, 3.05) is 11.9 Å². The van der Waals surface area contributed by atoms with E-state index in [0.29, 0.717) is 5.92 Å². The first-order valence-electron chi connectivity index (χ1n) is 9.04. The first-order valence-corrected chi connectivity index (χ1v) is 9.04. The molecule has 1 heterocycles. The Kier molecular flexibility index (Phi) is 6.20. The number of pyridine rings is 1. The molecule has 1 aliphatic carbocycles. The van der Waals surface area contributed by atoms with E-state index < -0.39 is 5.97 Å². The van der Waals surface area contributed by atoms with E-state index >= 15 is 0 Å². The lowest BCUT2D eigenvalue weighted by Gasteiger charge is -2.27. The van der Waals surface area contributed by atoms with Crippen LogP contribution in [0.2, 0.25) is 0 Å². The molecule has 2 aromatic rings. The van der Waals surface area contributed by atoms with Crippen molar-refractivity contribution < 1.29 is 9.90 Å². The Morgan fingerprint density at radius 3 is 2.73 bits per heavy atom. The van der Waals surface area contributed by atoms with Gasteiger partial charge < -0.3 is 10.4 Å². The topological polar surface area (TPSA) is 62.2 Å². The molecule has 1 aromatic heterocycles. The van der Waals surface area contributed by atoms with Crippen molar-refractivity contribution in [2.45, 2.75) is 31.6 Å². The summed E-state index contributed by atoms with van der Waals surface area (Å²) in [6.45, 7) is 0.798. The highest BCUT2D eigenvalue weighted by Crippen LogP contribution is 2.37.